The second kappa shape index (κ2) is 8.59. The maximum absolute atomic E-state index is 13.4. The van der Waals surface area contributed by atoms with Gasteiger partial charge in [-0.3, -0.25) is 9.78 Å². The molecule has 152 valence electrons. The Hall–Kier alpha value is -2.97. The summed E-state index contributed by atoms with van der Waals surface area (Å²) in [5.41, 5.74) is 2.13. The van der Waals surface area contributed by atoms with E-state index >= 15 is 0 Å². The van der Waals surface area contributed by atoms with Crippen molar-refractivity contribution in [2.24, 2.45) is 0 Å². The van der Waals surface area contributed by atoms with Crippen molar-refractivity contribution in [1.82, 2.24) is 25.0 Å². The fourth-order valence-corrected chi connectivity index (χ4v) is 3.47. The number of carbonyl (C=O) groups excluding carboxylic acids is 1. The molecule has 2 N–H and O–H groups in total. The molecule has 7 nitrogen and oxygen atoms in total. The summed E-state index contributed by atoms with van der Waals surface area (Å²) < 4.78 is 14.8. The zero-order chi connectivity index (χ0) is 19.7. The number of carbonyl (C=O) groups is 1. The van der Waals surface area contributed by atoms with Gasteiger partial charge in [-0.2, -0.15) is 5.10 Å². The number of hydrogen-bond donors (Lipinski definition) is 2. The number of nitrogens with one attached hydrogen (secondary N) is 1. The van der Waals surface area contributed by atoms with Crippen LogP contribution in [-0.2, 0) is 0 Å². The van der Waals surface area contributed by atoms with Crippen LogP contribution >= 0.6 is 12.4 Å². The standard InChI is InChI=1S/C20H20FN5O2.ClH/c1-13-9-15(21)4-5-16(13)26-12-18(27)19(24-26)20(28)25-8-7-23-11-17(25)14-3-2-6-22-10-14;/h2-6,9-10,12,17,23,27H,7-8,11H2,1H3;1H. The van der Waals surface area contributed by atoms with Gasteiger partial charge in [0.15, 0.2) is 11.4 Å². The normalized spacial score (nSPS) is 16.3. The lowest BCUT2D eigenvalue weighted by Gasteiger charge is -2.36. The molecule has 9 heteroatoms. The highest BCUT2D eigenvalue weighted by Crippen LogP contribution is 2.27. The van der Waals surface area contributed by atoms with Gasteiger partial charge in [-0.05, 0) is 42.3 Å². The van der Waals surface area contributed by atoms with E-state index in [1.807, 2.05) is 12.1 Å². The first kappa shape index (κ1) is 20.8. The second-order valence-corrected chi connectivity index (χ2v) is 6.74. The molecule has 1 aliphatic rings. The topological polar surface area (TPSA) is 83.3 Å². The average Bonchev–Trinajstić information content (AvgIpc) is 3.09. The van der Waals surface area contributed by atoms with Crippen molar-refractivity contribution in [3.8, 4) is 11.4 Å². The minimum Gasteiger partial charge on any atom is -0.504 e. The first-order valence-electron chi connectivity index (χ1n) is 9.01. The van der Waals surface area contributed by atoms with Crippen molar-refractivity contribution >= 4 is 18.3 Å². The highest BCUT2D eigenvalue weighted by Gasteiger charge is 2.32. The second-order valence-electron chi connectivity index (χ2n) is 6.74. The third-order valence-electron chi connectivity index (χ3n) is 4.88. The highest BCUT2D eigenvalue weighted by atomic mass is 35.5. The Morgan fingerprint density at radius 2 is 2.17 bits per heavy atom. The molecule has 1 saturated heterocycles. The molecular weight excluding hydrogens is 397 g/mol. The number of rotatable bonds is 3. The van der Waals surface area contributed by atoms with Crippen molar-refractivity contribution in [1.29, 1.82) is 0 Å². The minimum atomic E-state index is -0.355. The van der Waals surface area contributed by atoms with Gasteiger partial charge >= 0.3 is 0 Å². The Bertz CT molecular complexity index is 1010. The molecule has 1 fully saturated rings. The summed E-state index contributed by atoms with van der Waals surface area (Å²) in [7, 11) is 0. The van der Waals surface area contributed by atoms with Gasteiger partial charge in [0.25, 0.3) is 5.91 Å². The predicted molar refractivity (Wildman–Crippen MR) is 108 cm³/mol. The molecule has 0 radical (unpaired) electrons. The lowest BCUT2D eigenvalue weighted by molar-refractivity contribution is 0.0624. The van der Waals surface area contributed by atoms with Crippen LogP contribution in [0, 0.1) is 12.7 Å². The summed E-state index contributed by atoms with van der Waals surface area (Å²) >= 11 is 0. The van der Waals surface area contributed by atoms with Crippen LogP contribution in [-0.4, -0.2) is 50.3 Å². The zero-order valence-electron chi connectivity index (χ0n) is 15.7. The molecule has 2 aromatic heterocycles. The van der Waals surface area contributed by atoms with Gasteiger partial charge in [-0.25, -0.2) is 9.07 Å². The fourth-order valence-electron chi connectivity index (χ4n) is 3.47. The first-order chi connectivity index (χ1) is 13.5. The Kier molecular flexibility index (Phi) is 6.14. The molecule has 1 unspecified atom stereocenters. The lowest BCUT2D eigenvalue weighted by atomic mass is 10.0. The van der Waals surface area contributed by atoms with E-state index in [9.17, 15) is 14.3 Å². The fraction of sp³-hybridized carbons (Fsp3) is 0.250. The van der Waals surface area contributed by atoms with Gasteiger partial charge in [0.05, 0.1) is 17.9 Å². The van der Waals surface area contributed by atoms with Crippen molar-refractivity contribution < 1.29 is 14.3 Å². The van der Waals surface area contributed by atoms with Gasteiger partial charge < -0.3 is 15.3 Å². The zero-order valence-corrected chi connectivity index (χ0v) is 16.6. The SMILES string of the molecule is Cc1cc(F)ccc1-n1cc(O)c(C(=O)N2CCNCC2c2cccnc2)n1.Cl. The van der Waals surface area contributed by atoms with E-state index in [0.717, 1.165) is 5.56 Å². The number of halogens is 2. The molecule has 29 heavy (non-hydrogen) atoms. The monoisotopic (exact) mass is 417 g/mol. The molecule has 1 aromatic carbocycles. The van der Waals surface area contributed by atoms with E-state index in [0.29, 0.717) is 30.9 Å². The molecular formula is C20H21ClFN5O2. The number of piperazine rings is 1. The molecule has 0 aliphatic carbocycles. The van der Waals surface area contributed by atoms with Gasteiger partial charge in [0.2, 0.25) is 0 Å². The third kappa shape index (κ3) is 4.08. The number of aryl methyl sites for hydroxylation is 1. The molecule has 3 heterocycles. The molecule has 0 spiro atoms. The Morgan fingerprint density at radius 1 is 1.34 bits per heavy atom. The van der Waals surface area contributed by atoms with E-state index in [2.05, 4.69) is 15.4 Å². The van der Waals surface area contributed by atoms with Crippen LogP contribution in [0.2, 0.25) is 0 Å². The van der Waals surface area contributed by atoms with E-state index in [-0.39, 0.29) is 41.6 Å². The Labute approximate surface area is 173 Å². The first-order valence-corrected chi connectivity index (χ1v) is 9.01. The largest absolute Gasteiger partial charge is 0.504 e. The molecule has 1 atom stereocenters. The van der Waals surface area contributed by atoms with Crippen LogP contribution < -0.4 is 5.32 Å². The van der Waals surface area contributed by atoms with Crippen molar-refractivity contribution in [2.75, 3.05) is 19.6 Å². The molecule has 1 amide bonds. The van der Waals surface area contributed by atoms with E-state index in [1.165, 1.54) is 23.0 Å². The number of amides is 1. The van der Waals surface area contributed by atoms with E-state index < -0.39 is 0 Å². The molecule has 3 aromatic rings. The summed E-state index contributed by atoms with van der Waals surface area (Å²) in [6, 6.07) is 7.81. The number of aromatic nitrogens is 3. The highest BCUT2D eigenvalue weighted by molar-refractivity contribution is 5.95. The number of aromatic hydroxyl groups is 1. The van der Waals surface area contributed by atoms with Crippen molar-refractivity contribution in [3.63, 3.8) is 0 Å². The van der Waals surface area contributed by atoms with Crippen LogP contribution in [0.4, 0.5) is 4.39 Å². The molecule has 1 aliphatic heterocycles. The summed E-state index contributed by atoms with van der Waals surface area (Å²) in [6.07, 6.45) is 4.79. The van der Waals surface area contributed by atoms with Gasteiger partial charge in [-0.15, -0.1) is 12.4 Å². The average molecular weight is 418 g/mol. The number of nitrogens with zero attached hydrogens (tertiary/aromatic N) is 4. The van der Waals surface area contributed by atoms with Crippen LogP contribution in [0.5, 0.6) is 5.75 Å². The van der Waals surface area contributed by atoms with Crippen molar-refractivity contribution in [3.05, 3.63) is 71.6 Å². The van der Waals surface area contributed by atoms with E-state index in [4.69, 9.17) is 0 Å². The maximum Gasteiger partial charge on any atom is 0.278 e. The smallest absolute Gasteiger partial charge is 0.278 e. The summed E-state index contributed by atoms with van der Waals surface area (Å²) in [5, 5.41) is 17.9. The number of hydrogen-bond acceptors (Lipinski definition) is 5. The third-order valence-corrected chi connectivity index (χ3v) is 4.88. The van der Waals surface area contributed by atoms with Gasteiger partial charge in [0.1, 0.15) is 5.82 Å². The van der Waals surface area contributed by atoms with Crippen LogP contribution in [0.25, 0.3) is 5.69 Å². The van der Waals surface area contributed by atoms with E-state index in [1.54, 1.807) is 30.3 Å². The summed E-state index contributed by atoms with van der Waals surface area (Å²) in [4.78, 5) is 19.0. The quantitative estimate of drug-likeness (QED) is 0.684. The minimum absolute atomic E-state index is 0. The molecule has 4 rings (SSSR count). The molecule has 0 bridgehead atoms. The maximum atomic E-state index is 13.4. The summed E-state index contributed by atoms with van der Waals surface area (Å²) in [5.74, 6) is -0.919. The lowest BCUT2D eigenvalue weighted by Crippen LogP contribution is -2.48. The molecule has 0 saturated carbocycles. The Balaban J connectivity index is 0.00000240. The number of benzene rings is 1. The Morgan fingerprint density at radius 3 is 2.90 bits per heavy atom. The van der Waals surface area contributed by atoms with Crippen LogP contribution in [0.15, 0.2) is 48.9 Å². The van der Waals surface area contributed by atoms with Crippen LogP contribution in [0.3, 0.4) is 0 Å². The summed E-state index contributed by atoms with van der Waals surface area (Å²) in [6.45, 7) is 3.48. The van der Waals surface area contributed by atoms with Gasteiger partial charge in [-0.1, -0.05) is 6.07 Å². The predicted octanol–water partition coefficient (Wildman–Crippen LogP) is 2.63. The van der Waals surface area contributed by atoms with Gasteiger partial charge in [0, 0.05) is 32.0 Å². The van der Waals surface area contributed by atoms with Crippen molar-refractivity contribution in [2.45, 2.75) is 13.0 Å². The number of pyridine rings is 1. The van der Waals surface area contributed by atoms with Crippen LogP contribution in [0.1, 0.15) is 27.7 Å².